The summed E-state index contributed by atoms with van der Waals surface area (Å²) in [6.45, 7) is 4.08. The van der Waals surface area contributed by atoms with Gasteiger partial charge in [-0.1, -0.05) is 6.07 Å². The maximum atomic E-state index is 8.86. The van der Waals surface area contributed by atoms with Crippen LogP contribution in [0.2, 0.25) is 0 Å². The molecule has 0 atom stereocenters. The summed E-state index contributed by atoms with van der Waals surface area (Å²) >= 11 is 0. The van der Waals surface area contributed by atoms with Crippen molar-refractivity contribution in [1.29, 1.82) is 5.26 Å². The Hall–Kier alpha value is -2.47. The third kappa shape index (κ3) is 2.44. The van der Waals surface area contributed by atoms with E-state index in [0.29, 0.717) is 11.3 Å². The Balaban J connectivity index is 2.34. The molecule has 3 heteroatoms. The summed E-state index contributed by atoms with van der Waals surface area (Å²) in [5, 5.41) is 12.1. The third-order valence-electron chi connectivity index (χ3n) is 2.94. The zero-order valence-corrected chi connectivity index (χ0v) is 10.5. The van der Waals surface area contributed by atoms with Crippen LogP contribution in [0.3, 0.4) is 0 Å². The number of aryl methyl sites for hydroxylation is 2. The van der Waals surface area contributed by atoms with E-state index in [4.69, 9.17) is 11.0 Å². The lowest BCUT2D eigenvalue weighted by molar-refractivity contribution is 1.34. The molecule has 2 aromatic rings. The molecule has 0 aromatic heterocycles. The zero-order chi connectivity index (χ0) is 13.1. The van der Waals surface area contributed by atoms with Crippen LogP contribution < -0.4 is 11.1 Å². The van der Waals surface area contributed by atoms with Crippen LogP contribution in [0.15, 0.2) is 36.4 Å². The van der Waals surface area contributed by atoms with Gasteiger partial charge in [-0.25, -0.2) is 0 Å². The monoisotopic (exact) mass is 237 g/mol. The van der Waals surface area contributed by atoms with E-state index in [0.717, 1.165) is 11.4 Å². The fourth-order valence-electron chi connectivity index (χ4n) is 1.77. The second-order valence-electron chi connectivity index (χ2n) is 4.34. The summed E-state index contributed by atoms with van der Waals surface area (Å²) in [5.41, 5.74) is 11.4. The molecule has 0 amide bonds. The average molecular weight is 237 g/mol. The number of rotatable bonds is 2. The lowest BCUT2D eigenvalue weighted by Gasteiger charge is -2.12. The van der Waals surface area contributed by atoms with E-state index in [1.807, 2.05) is 38.1 Å². The molecule has 18 heavy (non-hydrogen) atoms. The fourth-order valence-corrected chi connectivity index (χ4v) is 1.77. The zero-order valence-electron chi connectivity index (χ0n) is 10.5. The number of nitrogen functional groups attached to an aromatic ring is 1. The molecule has 0 aliphatic heterocycles. The highest BCUT2D eigenvalue weighted by molar-refractivity contribution is 5.74. The summed E-state index contributed by atoms with van der Waals surface area (Å²) in [7, 11) is 0. The first-order chi connectivity index (χ1) is 8.60. The van der Waals surface area contributed by atoms with Crippen LogP contribution in [0.5, 0.6) is 0 Å². The van der Waals surface area contributed by atoms with Gasteiger partial charge in [-0.3, -0.25) is 0 Å². The minimum absolute atomic E-state index is 0.627. The van der Waals surface area contributed by atoms with Crippen LogP contribution >= 0.6 is 0 Å². The minimum atomic E-state index is 0.627. The second-order valence-corrected chi connectivity index (χ2v) is 4.34. The standard InChI is InChI=1S/C15H15N3/c1-10-6-14(17)15(7-11(10)2)18-13-5-3-4-12(8-13)9-16/h3-8,18H,17H2,1-2H3. The van der Waals surface area contributed by atoms with Crippen molar-refractivity contribution >= 4 is 17.1 Å². The van der Waals surface area contributed by atoms with Crippen molar-refractivity contribution in [2.24, 2.45) is 0 Å². The van der Waals surface area contributed by atoms with Gasteiger partial charge in [0, 0.05) is 5.69 Å². The Morgan fingerprint density at radius 3 is 2.56 bits per heavy atom. The molecule has 0 fully saturated rings. The van der Waals surface area contributed by atoms with Crippen LogP contribution in [-0.4, -0.2) is 0 Å². The van der Waals surface area contributed by atoms with E-state index in [1.165, 1.54) is 11.1 Å². The molecule has 3 nitrogen and oxygen atoms in total. The molecule has 3 N–H and O–H groups in total. The van der Waals surface area contributed by atoms with Crippen molar-refractivity contribution in [3.8, 4) is 6.07 Å². The highest BCUT2D eigenvalue weighted by Gasteiger charge is 2.03. The predicted octanol–water partition coefficient (Wildman–Crippen LogP) is 3.50. The van der Waals surface area contributed by atoms with Crippen LogP contribution in [-0.2, 0) is 0 Å². The van der Waals surface area contributed by atoms with Crippen molar-refractivity contribution in [3.63, 3.8) is 0 Å². The number of hydrogen-bond donors (Lipinski definition) is 2. The third-order valence-corrected chi connectivity index (χ3v) is 2.94. The van der Waals surface area contributed by atoms with E-state index in [1.54, 1.807) is 12.1 Å². The normalized spacial score (nSPS) is 9.83. The quantitative estimate of drug-likeness (QED) is 0.786. The van der Waals surface area contributed by atoms with E-state index in [9.17, 15) is 0 Å². The van der Waals surface area contributed by atoms with Crippen molar-refractivity contribution in [1.82, 2.24) is 0 Å². The summed E-state index contributed by atoms with van der Waals surface area (Å²) in [6.07, 6.45) is 0. The molecule has 0 unspecified atom stereocenters. The van der Waals surface area contributed by atoms with Gasteiger partial charge in [0.25, 0.3) is 0 Å². The Labute approximate surface area is 107 Å². The van der Waals surface area contributed by atoms with Gasteiger partial charge in [-0.15, -0.1) is 0 Å². The first-order valence-electron chi connectivity index (χ1n) is 5.74. The topological polar surface area (TPSA) is 61.8 Å². The van der Waals surface area contributed by atoms with Gasteiger partial charge in [0.2, 0.25) is 0 Å². The SMILES string of the molecule is Cc1cc(N)c(Nc2cccc(C#N)c2)cc1C. The number of nitriles is 1. The van der Waals surface area contributed by atoms with E-state index in [-0.39, 0.29) is 0 Å². The Bertz CT molecular complexity index is 624. The highest BCUT2D eigenvalue weighted by Crippen LogP contribution is 2.26. The van der Waals surface area contributed by atoms with Gasteiger partial charge in [0.15, 0.2) is 0 Å². The van der Waals surface area contributed by atoms with Crippen LogP contribution in [0.1, 0.15) is 16.7 Å². The lowest BCUT2D eigenvalue weighted by Crippen LogP contribution is -1.98. The number of benzene rings is 2. The van der Waals surface area contributed by atoms with Crippen LogP contribution in [0, 0.1) is 25.2 Å². The predicted molar refractivity (Wildman–Crippen MR) is 74.8 cm³/mol. The first-order valence-corrected chi connectivity index (χ1v) is 5.74. The lowest BCUT2D eigenvalue weighted by atomic mass is 10.1. The maximum absolute atomic E-state index is 8.86. The smallest absolute Gasteiger partial charge is 0.0992 e. The molecule has 0 spiro atoms. The van der Waals surface area contributed by atoms with Crippen LogP contribution in [0.4, 0.5) is 17.1 Å². The van der Waals surface area contributed by atoms with Gasteiger partial charge in [-0.05, 0) is 55.3 Å². The summed E-state index contributed by atoms with van der Waals surface area (Å²) in [5.74, 6) is 0. The van der Waals surface area contributed by atoms with Gasteiger partial charge in [0.1, 0.15) is 0 Å². The molecule has 0 aliphatic rings. The number of anilines is 3. The summed E-state index contributed by atoms with van der Waals surface area (Å²) < 4.78 is 0. The molecular formula is C15H15N3. The van der Waals surface area contributed by atoms with Gasteiger partial charge in [0.05, 0.1) is 23.0 Å². The van der Waals surface area contributed by atoms with E-state index < -0.39 is 0 Å². The van der Waals surface area contributed by atoms with Crippen molar-refractivity contribution in [2.75, 3.05) is 11.1 Å². The van der Waals surface area contributed by atoms with Gasteiger partial charge >= 0.3 is 0 Å². The molecule has 0 heterocycles. The number of nitrogens with zero attached hydrogens (tertiary/aromatic N) is 1. The minimum Gasteiger partial charge on any atom is -0.397 e. The molecule has 2 aromatic carbocycles. The van der Waals surface area contributed by atoms with E-state index >= 15 is 0 Å². The number of nitrogens with two attached hydrogens (primary N) is 1. The van der Waals surface area contributed by atoms with E-state index in [2.05, 4.69) is 11.4 Å². The summed E-state index contributed by atoms with van der Waals surface area (Å²) in [6, 6.07) is 13.4. The molecule has 2 rings (SSSR count). The molecule has 0 saturated carbocycles. The van der Waals surface area contributed by atoms with Gasteiger partial charge in [-0.2, -0.15) is 5.26 Å². The summed E-state index contributed by atoms with van der Waals surface area (Å²) in [4.78, 5) is 0. The molecule has 0 aliphatic carbocycles. The maximum Gasteiger partial charge on any atom is 0.0992 e. The molecule has 0 radical (unpaired) electrons. The Morgan fingerprint density at radius 1 is 1.11 bits per heavy atom. The van der Waals surface area contributed by atoms with Crippen molar-refractivity contribution < 1.29 is 0 Å². The molecule has 90 valence electrons. The molecular weight excluding hydrogens is 222 g/mol. The molecule has 0 bridgehead atoms. The van der Waals surface area contributed by atoms with Gasteiger partial charge < -0.3 is 11.1 Å². The highest BCUT2D eigenvalue weighted by atomic mass is 14.9. The Kier molecular flexibility index (Phi) is 3.20. The fraction of sp³-hybridized carbons (Fsp3) is 0.133. The molecule has 0 saturated heterocycles. The first kappa shape index (κ1) is 12.0. The van der Waals surface area contributed by atoms with Crippen molar-refractivity contribution in [2.45, 2.75) is 13.8 Å². The largest absolute Gasteiger partial charge is 0.397 e. The second kappa shape index (κ2) is 4.80. The van der Waals surface area contributed by atoms with Crippen LogP contribution in [0.25, 0.3) is 0 Å². The van der Waals surface area contributed by atoms with Crippen molar-refractivity contribution in [3.05, 3.63) is 53.1 Å². The average Bonchev–Trinajstić information content (AvgIpc) is 2.36. The number of hydrogen-bond acceptors (Lipinski definition) is 3. The number of nitrogens with one attached hydrogen (secondary N) is 1. The Morgan fingerprint density at radius 2 is 1.83 bits per heavy atom.